The first-order chi connectivity index (χ1) is 11.9. The zero-order valence-corrected chi connectivity index (χ0v) is 13.7. The molecule has 0 aromatic carbocycles. The number of hydrogen-bond donors (Lipinski definition) is 4. The van der Waals surface area contributed by atoms with Crippen molar-refractivity contribution in [3.05, 3.63) is 50.6 Å². The number of carbonyl (C=O) groups is 4. The molecule has 0 spiro atoms. The third kappa shape index (κ3) is 10.2. The summed E-state index contributed by atoms with van der Waals surface area (Å²) in [5, 5.41) is 9.76. The van der Waals surface area contributed by atoms with E-state index in [1.165, 1.54) is 0 Å². The summed E-state index contributed by atoms with van der Waals surface area (Å²) in [5.74, 6) is -2.08. The number of hydrogen-bond acceptors (Lipinski definition) is 5. The Kier molecular flexibility index (Phi) is 10.7. The van der Waals surface area contributed by atoms with Crippen LogP contribution >= 0.6 is 0 Å². The van der Waals surface area contributed by atoms with Crippen molar-refractivity contribution in [2.45, 2.75) is 12.3 Å². The fraction of sp³-hybridized carbons (Fsp3) is 0.250. The lowest BCUT2D eigenvalue weighted by atomic mass is 10.4. The quantitative estimate of drug-likeness (QED) is 0.262. The minimum atomic E-state index is -0.859. The smallest absolute Gasteiger partial charge is 0.245 e. The Labute approximate surface area is 145 Å². The Balaban J connectivity index is 4.72. The second kappa shape index (κ2) is 12.3. The van der Waals surface area contributed by atoms with E-state index in [2.05, 4.69) is 47.6 Å². The van der Waals surface area contributed by atoms with Crippen LogP contribution in [0.3, 0.4) is 0 Å². The predicted octanol–water partition coefficient (Wildman–Crippen LogP) is -1.14. The second-order valence-corrected chi connectivity index (χ2v) is 4.49. The molecule has 0 saturated carbocycles. The fourth-order valence-electron chi connectivity index (χ4n) is 1.47. The van der Waals surface area contributed by atoms with Gasteiger partial charge in [-0.15, -0.1) is 0 Å². The summed E-state index contributed by atoms with van der Waals surface area (Å²) < 4.78 is 5.34. The molecule has 9 heteroatoms. The maximum atomic E-state index is 11.4. The summed E-state index contributed by atoms with van der Waals surface area (Å²) in [7, 11) is 0. The molecule has 0 aliphatic rings. The Morgan fingerprint density at radius 3 is 1.08 bits per heavy atom. The molecule has 0 aromatic heterocycles. The molecule has 0 fully saturated rings. The molecule has 0 aromatic rings. The van der Waals surface area contributed by atoms with Crippen LogP contribution in [0.25, 0.3) is 0 Å². The molecule has 136 valence electrons. The molecule has 0 heterocycles. The number of carbonyl (C=O) groups excluding carboxylic acids is 4. The first-order valence-corrected chi connectivity index (χ1v) is 7.15. The minimum absolute atomic E-state index is 0.135. The van der Waals surface area contributed by atoms with Crippen LogP contribution in [0.4, 0.5) is 0 Å². The van der Waals surface area contributed by atoms with Gasteiger partial charge in [0.1, 0.15) is 12.3 Å². The topological polar surface area (TPSA) is 126 Å². The molecule has 0 radical (unpaired) electrons. The van der Waals surface area contributed by atoms with E-state index in [0.717, 1.165) is 24.3 Å². The molecular weight excluding hydrogens is 328 g/mol. The molecule has 9 nitrogen and oxygen atoms in total. The van der Waals surface area contributed by atoms with Crippen LogP contribution in [0, 0.1) is 0 Å². The third-order valence-electron chi connectivity index (χ3n) is 2.58. The van der Waals surface area contributed by atoms with Crippen molar-refractivity contribution in [3.63, 3.8) is 0 Å². The normalized spacial score (nSPS) is 9.68. The summed E-state index contributed by atoms with van der Waals surface area (Å²) in [6, 6.07) is 0. The third-order valence-corrected chi connectivity index (χ3v) is 2.58. The average Bonchev–Trinajstić information content (AvgIpc) is 2.60. The van der Waals surface area contributed by atoms with Gasteiger partial charge < -0.3 is 26.0 Å². The standard InChI is InChI=1S/C16H22N4O5/c1-5-13(21)17-11(18-14(22)6-2)9-25-10-12(19-15(23)7-3)20-16(24)8-4/h5-8,11-12H,1-4,9-10H2,(H,17,21)(H,18,22)(H,19,23)(H,20,24). The first-order valence-electron chi connectivity index (χ1n) is 7.15. The summed E-state index contributed by atoms with van der Waals surface area (Å²) in [5.41, 5.74) is 0. The molecule has 0 rings (SSSR count). The van der Waals surface area contributed by atoms with Crippen LogP contribution in [0.5, 0.6) is 0 Å². The molecular formula is C16H22N4O5. The largest absolute Gasteiger partial charge is 0.373 e. The van der Waals surface area contributed by atoms with Crippen LogP contribution in [0.2, 0.25) is 0 Å². The summed E-state index contributed by atoms with van der Waals surface area (Å²) in [6.07, 6.45) is 2.41. The Hall–Kier alpha value is -3.20. The van der Waals surface area contributed by atoms with Gasteiger partial charge in [0.15, 0.2) is 0 Å². The highest BCUT2D eigenvalue weighted by molar-refractivity contribution is 5.90. The summed E-state index contributed by atoms with van der Waals surface area (Å²) in [6.45, 7) is 13.0. The van der Waals surface area contributed by atoms with E-state index in [1.807, 2.05) is 0 Å². The highest BCUT2D eigenvalue weighted by Gasteiger charge is 2.16. The van der Waals surface area contributed by atoms with Crippen molar-refractivity contribution in [2.24, 2.45) is 0 Å². The molecule has 0 bridgehead atoms. The average molecular weight is 350 g/mol. The van der Waals surface area contributed by atoms with Gasteiger partial charge in [0.25, 0.3) is 0 Å². The lowest BCUT2D eigenvalue weighted by Gasteiger charge is -2.22. The van der Waals surface area contributed by atoms with Crippen LogP contribution in [0.15, 0.2) is 50.6 Å². The lowest BCUT2D eigenvalue weighted by Crippen LogP contribution is -2.52. The van der Waals surface area contributed by atoms with Crippen LogP contribution in [0.1, 0.15) is 0 Å². The zero-order chi connectivity index (χ0) is 19.2. The number of ether oxygens (including phenoxy) is 1. The van der Waals surface area contributed by atoms with Crippen molar-refractivity contribution in [3.8, 4) is 0 Å². The van der Waals surface area contributed by atoms with E-state index in [-0.39, 0.29) is 13.2 Å². The monoisotopic (exact) mass is 350 g/mol. The molecule has 0 aliphatic heterocycles. The van der Waals surface area contributed by atoms with Gasteiger partial charge in [-0.3, -0.25) is 19.2 Å². The maximum Gasteiger partial charge on any atom is 0.245 e. The van der Waals surface area contributed by atoms with E-state index in [0.29, 0.717) is 0 Å². The number of nitrogens with one attached hydrogen (secondary N) is 4. The van der Waals surface area contributed by atoms with Crippen LogP contribution in [-0.2, 0) is 23.9 Å². The summed E-state index contributed by atoms with van der Waals surface area (Å²) >= 11 is 0. The van der Waals surface area contributed by atoms with Gasteiger partial charge in [0.05, 0.1) is 13.2 Å². The second-order valence-electron chi connectivity index (χ2n) is 4.49. The fourth-order valence-corrected chi connectivity index (χ4v) is 1.47. The highest BCUT2D eigenvalue weighted by Crippen LogP contribution is 1.89. The highest BCUT2D eigenvalue weighted by atomic mass is 16.5. The molecule has 25 heavy (non-hydrogen) atoms. The van der Waals surface area contributed by atoms with Gasteiger partial charge in [-0.1, -0.05) is 26.3 Å². The molecule has 0 saturated heterocycles. The van der Waals surface area contributed by atoms with Gasteiger partial charge in [-0.05, 0) is 24.3 Å². The number of rotatable bonds is 12. The molecule has 0 unspecified atom stereocenters. The van der Waals surface area contributed by atoms with E-state index in [9.17, 15) is 19.2 Å². The predicted molar refractivity (Wildman–Crippen MR) is 91.8 cm³/mol. The van der Waals surface area contributed by atoms with Gasteiger partial charge in [-0.2, -0.15) is 0 Å². The molecule has 4 N–H and O–H groups in total. The van der Waals surface area contributed by atoms with E-state index in [4.69, 9.17) is 4.74 Å². The molecule has 4 amide bonds. The van der Waals surface area contributed by atoms with E-state index < -0.39 is 36.0 Å². The zero-order valence-electron chi connectivity index (χ0n) is 13.7. The van der Waals surface area contributed by atoms with Crippen molar-refractivity contribution in [2.75, 3.05) is 13.2 Å². The van der Waals surface area contributed by atoms with Gasteiger partial charge in [0, 0.05) is 0 Å². The minimum Gasteiger partial charge on any atom is -0.373 e. The maximum absolute atomic E-state index is 11.4. The Bertz CT molecular complexity index is 467. The Morgan fingerprint density at radius 1 is 0.640 bits per heavy atom. The van der Waals surface area contributed by atoms with Crippen molar-refractivity contribution < 1.29 is 23.9 Å². The van der Waals surface area contributed by atoms with E-state index >= 15 is 0 Å². The van der Waals surface area contributed by atoms with E-state index in [1.54, 1.807) is 0 Å². The van der Waals surface area contributed by atoms with Crippen molar-refractivity contribution >= 4 is 23.6 Å². The molecule has 0 atom stereocenters. The number of amides is 4. The lowest BCUT2D eigenvalue weighted by molar-refractivity contribution is -0.120. The summed E-state index contributed by atoms with van der Waals surface area (Å²) in [4.78, 5) is 45.4. The van der Waals surface area contributed by atoms with Gasteiger partial charge >= 0.3 is 0 Å². The molecule has 0 aliphatic carbocycles. The SMILES string of the molecule is C=CC(=O)NC(COCC(NC(=O)C=C)NC(=O)C=C)NC(=O)C=C. The van der Waals surface area contributed by atoms with Crippen molar-refractivity contribution in [1.82, 2.24) is 21.3 Å². The van der Waals surface area contributed by atoms with Gasteiger partial charge in [0.2, 0.25) is 23.6 Å². The van der Waals surface area contributed by atoms with Crippen molar-refractivity contribution in [1.29, 1.82) is 0 Å². The first kappa shape index (κ1) is 21.8. The van der Waals surface area contributed by atoms with Crippen LogP contribution in [-0.4, -0.2) is 49.2 Å². The van der Waals surface area contributed by atoms with Crippen LogP contribution < -0.4 is 21.3 Å². The Morgan fingerprint density at radius 2 is 0.880 bits per heavy atom. The van der Waals surface area contributed by atoms with Gasteiger partial charge in [-0.25, -0.2) is 0 Å².